The van der Waals surface area contributed by atoms with Gasteiger partial charge in [-0.2, -0.15) is 4.68 Å². The Morgan fingerprint density at radius 3 is 2.46 bits per heavy atom. The number of sulfonamides is 1. The first-order valence-corrected chi connectivity index (χ1v) is 10.1. The third kappa shape index (κ3) is 4.24. The van der Waals surface area contributed by atoms with E-state index in [9.17, 15) is 13.2 Å². The summed E-state index contributed by atoms with van der Waals surface area (Å²) >= 11 is 0. The molecule has 0 unspecified atom stereocenters. The van der Waals surface area contributed by atoms with Crippen molar-refractivity contribution in [2.75, 3.05) is 13.6 Å². The Kier molecular flexibility index (Phi) is 5.52. The summed E-state index contributed by atoms with van der Waals surface area (Å²) in [5.74, 6) is 0.586. The van der Waals surface area contributed by atoms with Crippen molar-refractivity contribution in [3.05, 3.63) is 65.9 Å². The molecule has 10 heteroatoms. The van der Waals surface area contributed by atoms with Gasteiger partial charge >= 0.3 is 0 Å². The highest BCUT2D eigenvalue weighted by molar-refractivity contribution is 7.89. The van der Waals surface area contributed by atoms with E-state index in [1.165, 1.54) is 21.7 Å². The maximum absolute atomic E-state index is 12.5. The fourth-order valence-electron chi connectivity index (χ4n) is 2.49. The fourth-order valence-corrected chi connectivity index (χ4v) is 2.95. The molecule has 3 rings (SSSR count). The summed E-state index contributed by atoms with van der Waals surface area (Å²) < 4.78 is 24.3. The van der Waals surface area contributed by atoms with Crippen LogP contribution in [-0.4, -0.2) is 52.6 Å². The highest BCUT2D eigenvalue weighted by Crippen LogP contribution is 2.15. The molecule has 1 aromatic carbocycles. The summed E-state index contributed by atoms with van der Waals surface area (Å²) in [7, 11) is -2.19. The lowest BCUT2D eigenvalue weighted by molar-refractivity contribution is 0.0790. The second-order valence-electron chi connectivity index (χ2n) is 6.14. The van der Waals surface area contributed by atoms with Gasteiger partial charge in [-0.1, -0.05) is 30.3 Å². The summed E-state index contributed by atoms with van der Waals surface area (Å²) in [6, 6.07) is 12.4. The van der Waals surface area contributed by atoms with E-state index < -0.39 is 10.0 Å². The van der Waals surface area contributed by atoms with E-state index in [-0.39, 0.29) is 16.6 Å². The Morgan fingerprint density at radius 1 is 1.18 bits per heavy atom. The van der Waals surface area contributed by atoms with Crippen LogP contribution < -0.4 is 5.14 Å². The lowest BCUT2D eigenvalue weighted by Crippen LogP contribution is -2.27. The van der Waals surface area contributed by atoms with Crippen molar-refractivity contribution < 1.29 is 13.2 Å². The molecule has 28 heavy (non-hydrogen) atoms. The molecular weight excluding hydrogens is 380 g/mol. The molecule has 3 aromatic rings. The van der Waals surface area contributed by atoms with Crippen LogP contribution in [0.3, 0.4) is 0 Å². The highest BCUT2D eigenvalue weighted by Gasteiger charge is 2.21. The van der Waals surface area contributed by atoms with Crippen LogP contribution in [0.15, 0.2) is 53.6 Å². The molecule has 0 atom stereocenters. The minimum Gasteiger partial charge on any atom is -0.339 e. The molecule has 1 amide bonds. The average molecular weight is 400 g/mol. The Bertz CT molecular complexity index is 1080. The van der Waals surface area contributed by atoms with Crippen molar-refractivity contribution in [3.8, 4) is 5.82 Å². The quantitative estimate of drug-likeness (QED) is 0.658. The standard InChI is InChI=1S/C18H20N6O3S/c1-3-23(2)18(25)17-21-16(11-13-7-5-4-6-8-13)24(22-17)15-10-9-14(12-20-15)28(19,26)27/h4-10,12H,3,11H2,1-2H3,(H2,19,26,27). The van der Waals surface area contributed by atoms with E-state index >= 15 is 0 Å². The molecule has 0 bridgehead atoms. The van der Waals surface area contributed by atoms with Crippen LogP contribution in [0.1, 0.15) is 28.9 Å². The number of carbonyl (C=O) groups is 1. The normalized spacial score (nSPS) is 11.4. The third-order valence-corrected chi connectivity index (χ3v) is 5.06. The van der Waals surface area contributed by atoms with Gasteiger partial charge in [-0.15, -0.1) is 5.10 Å². The molecule has 0 fully saturated rings. The van der Waals surface area contributed by atoms with Crippen LogP contribution >= 0.6 is 0 Å². The number of nitrogens with two attached hydrogens (primary N) is 1. The lowest BCUT2D eigenvalue weighted by atomic mass is 10.1. The van der Waals surface area contributed by atoms with Gasteiger partial charge in [0, 0.05) is 26.2 Å². The van der Waals surface area contributed by atoms with Crippen LogP contribution in [0.2, 0.25) is 0 Å². The van der Waals surface area contributed by atoms with Crippen molar-refractivity contribution in [2.24, 2.45) is 5.14 Å². The Labute approximate surface area is 162 Å². The highest BCUT2D eigenvalue weighted by atomic mass is 32.2. The van der Waals surface area contributed by atoms with Crippen molar-refractivity contribution in [1.82, 2.24) is 24.6 Å². The van der Waals surface area contributed by atoms with Crippen LogP contribution in [0.4, 0.5) is 0 Å². The van der Waals surface area contributed by atoms with E-state index in [2.05, 4.69) is 15.1 Å². The summed E-state index contributed by atoms with van der Waals surface area (Å²) in [5, 5.41) is 9.43. The Balaban J connectivity index is 2.04. The first-order valence-electron chi connectivity index (χ1n) is 8.54. The molecule has 0 aliphatic rings. The van der Waals surface area contributed by atoms with Crippen molar-refractivity contribution in [2.45, 2.75) is 18.2 Å². The van der Waals surface area contributed by atoms with E-state index in [1.807, 2.05) is 37.3 Å². The van der Waals surface area contributed by atoms with E-state index in [0.717, 1.165) is 11.8 Å². The number of nitrogens with zero attached hydrogens (tertiary/aromatic N) is 5. The van der Waals surface area contributed by atoms with Gasteiger partial charge in [0.1, 0.15) is 10.7 Å². The zero-order chi connectivity index (χ0) is 20.3. The van der Waals surface area contributed by atoms with Crippen LogP contribution in [-0.2, 0) is 16.4 Å². The Morgan fingerprint density at radius 2 is 1.89 bits per heavy atom. The number of primary sulfonamides is 1. The minimum absolute atomic E-state index is 0.0487. The molecule has 146 valence electrons. The van der Waals surface area contributed by atoms with E-state index in [0.29, 0.717) is 24.6 Å². The SMILES string of the molecule is CCN(C)C(=O)c1nc(Cc2ccccc2)n(-c2ccc(S(N)(=O)=O)cn2)n1. The van der Waals surface area contributed by atoms with Gasteiger partial charge in [0.15, 0.2) is 5.82 Å². The number of hydrogen-bond donors (Lipinski definition) is 1. The number of aromatic nitrogens is 4. The predicted octanol–water partition coefficient (Wildman–Crippen LogP) is 0.992. The molecule has 0 aliphatic heterocycles. The topological polar surface area (TPSA) is 124 Å². The molecular formula is C18H20N6O3S. The van der Waals surface area contributed by atoms with Gasteiger partial charge in [-0.05, 0) is 24.6 Å². The smallest absolute Gasteiger partial charge is 0.293 e. The zero-order valence-corrected chi connectivity index (χ0v) is 16.3. The Hall–Kier alpha value is -3.11. The second kappa shape index (κ2) is 7.87. The summed E-state index contributed by atoms with van der Waals surface area (Å²) in [4.78, 5) is 22.4. The first-order chi connectivity index (χ1) is 13.3. The van der Waals surface area contributed by atoms with Crippen molar-refractivity contribution in [3.63, 3.8) is 0 Å². The number of pyridine rings is 1. The second-order valence-corrected chi connectivity index (χ2v) is 7.70. The average Bonchev–Trinajstić information content (AvgIpc) is 3.10. The molecule has 0 radical (unpaired) electrons. The summed E-state index contributed by atoms with van der Waals surface area (Å²) in [6.07, 6.45) is 1.58. The number of rotatable bonds is 6. The number of amides is 1. The van der Waals surface area contributed by atoms with Gasteiger partial charge in [-0.3, -0.25) is 4.79 Å². The van der Waals surface area contributed by atoms with E-state index in [1.54, 1.807) is 7.05 Å². The molecule has 9 nitrogen and oxygen atoms in total. The van der Waals surface area contributed by atoms with Crippen molar-refractivity contribution in [1.29, 1.82) is 0 Å². The van der Waals surface area contributed by atoms with Gasteiger partial charge in [0.2, 0.25) is 15.8 Å². The minimum atomic E-state index is -3.85. The number of carbonyl (C=O) groups excluding carboxylic acids is 1. The van der Waals surface area contributed by atoms with Crippen molar-refractivity contribution >= 4 is 15.9 Å². The maximum Gasteiger partial charge on any atom is 0.293 e. The van der Waals surface area contributed by atoms with Gasteiger partial charge < -0.3 is 4.90 Å². The third-order valence-electron chi connectivity index (χ3n) is 4.16. The van der Waals surface area contributed by atoms with Gasteiger partial charge in [0.05, 0.1) is 0 Å². The number of hydrogen-bond acceptors (Lipinski definition) is 6. The molecule has 2 N–H and O–H groups in total. The number of benzene rings is 1. The van der Waals surface area contributed by atoms with Gasteiger partial charge in [-0.25, -0.2) is 23.5 Å². The van der Waals surface area contributed by atoms with Gasteiger partial charge in [0.25, 0.3) is 5.91 Å². The zero-order valence-electron chi connectivity index (χ0n) is 15.5. The largest absolute Gasteiger partial charge is 0.339 e. The fraction of sp³-hybridized carbons (Fsp3) is 0.222. The maximum atomic E-state index is 12.5. The molecule has 0 saturated heterocycles. The monoisotopic (exact) mass is 400 g/mol. The summed E-state index contributed by atoms with van der Waals surface area (Å²) in [6.45, 7) is 2.37. The molecule has 2 heterocycles. The van der Waals surface area contributed by atoms with Crippen LogP contribution in [0.25, 0.3) is 5.82 Å². The molecule has 0 spiro atoms. The van der Waals surface area contributed by atoms with Crippen LogP contribution in [0, 0.1) is 0 Å². The lowest BCUT2D eigenvalue weighted by Gasteiger charge is -2.10. The molecule has 0 saturated carbocycles. The molecule has 2 aromatic heterocycles. The van der Waals surface area contributed by atoms with E-state index in [4.69, 9.17) is 5.14 Å². The molecule has 0 aliphatic carbocycles. The van der Waals surface area contributed by atoms with Crippen LogP contribution in [0.5, 0.6) is 0 Å². The summed E-state index contributed by atoms with van der Waals surface area (Å²) in [5.41, 5.74) is 0.986. The first kappa shape index (κ1) is 19.6. The predicted molar refractivity (Wildman–Crippen MR) is 102 cm³/mol.